The molecular formula is C17H16ClN5OS. The molecule has 0 radical (unpaired) electrons. The lowest BCUT2D eigenvalue weighted by Gasteiger charge is -2.03. The van der Waals surface area contributed by atoms with Crippen LogP contribution in [0.5, 0.6) is 0 Å². The molecule has 0 aliphatic rings. The fourth-order valence-corrected chi connectivity index (χ4v) is 3.05. The quantitative estimate of drug-likeness (QED) is 0.745. The summed E-state index contributed by atoms with van der Waals surface area (Å²) in [6, 6.07) is 7.98. The van der Waals surface area contributed by atoms with Gasteiger partial charge in [-0.25, -0.2) is 0 Å². The molecule has 8 heteroatoms. The van der Waals surface area contributed by atoms with Crippen LogP contribution in [0.15, 0.2) is 36.7 Å². The van der Waals surface area contributed by atoms with Crippen LogP contribution < -0.4 is 5.32 Å². The van der Waals surface area contributed by atoms with Gasteiger partial charge in [-0.3, -0.25) is 9.48 Å². The molecule has 6 nitrogen and oxygen atoms in total. The fourth-order valence-electron chi connectivity index (χ4n) is 2.10. The Labute approximate surface area is 154 Å². The Hall–Kier alpha value is -2.51. The van der Waals surface area contributed by atoms with Crippen molar-refractivity contribution in [3.05, 3.63) is 63.4 Å². The highest BCUT2D eigenvalue weighted by Crippen LogP contribution is 2.25. The molecule has 1 amide bonds. The lowest BCUT2D eigenvalue weighted by Crippen LogP contribution is -2.22. The molecule has 0 saturated heterocycles. The smallest absolute Gasteiger partial charge is 0.282 e. The summed E-state index contributed by atoms with van der Waals surface area (Å²) in [5, 5.41) is 16.0. The molecular weight excluding hydrogens is 358 g/mol. The monoisotopic (exact) mass is 373 g/mol. The van der Waals surface area contributed by atoms with Crippen molar-refractivity contribution in [2.75, 3.05) is 0 Å². The second kappa shape index (κ2) is 7.58. The number of carbonyl (C=O) groups is 1. The Bertz CT molecular complexity index is 913. The van der Waals surface area contributed by atoms with Crippen molar-refractivity contribution in [1.82, 2.24) is 25.3 Å². The summed E-state index contributed by atoms with van der Waals surface area (Å²) >= 11 is 7.41. The molecule has 1 N–H and O–H groups in total. The van der Waals surface area contributed by atoms with E-state index in [9.17, 15) is 4.79 Å². The molecule has 0 spiro atoms. The van der Waals surface area contributed by atoms with Crippen molar-refractivity contribution >= 4 is 40.0 Å². The topological polar surface area (TPSA) is 72.7 Å². The molecule has 0 saturated carbocycles. The number of halogens is 1. The van der Waals surface area contributed by atoms with E-state index < -0.39 is 0 Å². The zero-order chi connectivity index (χ0) is 17.8. The Kier molecular flexibility index (Phi) is 5.25. The molecule has 3 rings (SSSR count). The van der Waals surface area contributed by atoms with Gasteiger partial charge in [0.1, 0.15) is 0 Å². The summed E-state index contributed by atoms with van der Waals surface area (Å²) in [6.45, 7) is 2.46. The second-order valence-corrected chi connectivity index (χ2v) is 6.90. The van der Waals surface area contributed by atoms with Gasteiger partial charge in [-0.1, -0.05) is 52.8 Å². The maximum atomic E-state index is 12.2. The average molecular weight is 374 g/mol. The van der Waals surface area contributed by atoms with E-state index in [0.717, 1.165) is 22.5 Å². The molecule has 0 aliphatic heterocycles. The van der Waals surface area contributed by atoms with Gasteiger partial charge in [0.25, 0.3) is 5.91 Å². The Morgan fingerprint density at radius 3 is 2.68 bits per heavy atom. The second-order valence-electron chi connectivity index (χ2n) is 5.52. The predicted molar refractivity (Wildman–Crippen MR) is 99.2 cm³/mol. The zero-order valence-electron chi connectivity index (χ0n) is 13.7. The third-order valence-corrected chi connectivity index (χ3v) is 4.77. The number of carbonyl (C=O) groups excluding carboxylic acids is 1. The van der Waals surface area contributed by atoms with Crippen LogP contribution in [-0.4, -0.2) is 25.9 Å². The molecule has 0 aliphatic carbocycles. The van der Waals surface area contributed by atoms with Gasteiger partial charge in [-0.15, -0.1) is 10.2 Å². The largest absolute Gasteiger partial charge is 0.346 e. The molecule has 0 unspecified atom stereocenters. The Morgan fingerprint density at radius 2 is 2.00 bits per heavy atom. The van der Waals surface area contributed by atoms with E-state index >= 15 is 0 Å². The van der Waals surface area contributed by atoms with Crippen LogP contribution in [0.1, 0.15) is 31.5 Å². The maximum Gasteiger partial charge on any atom is 0.282 e. The van der Waals surface area contributed by atoms with Crippen LogP contribution >= 0.6 is 22.9 Å². The Balaban J connectivity index is 1.64. The van der Waals surface area contributed by atoms with E-state index in [1.54, 1.807) is 17.0 Å². The SMILES string of the molecule is Cc1ccc(CNC(=O)c2nnc(C(Cl)=Cc3cnn(C)c3)s2)cc1. The molecule has 0 fully saturated rings. The first-order valence-electron chi connectivity index (χ1n) is 7.55. The fraction of sp³-hybridized carbons (Fsp3) is 0.176. The molecule has 0 atom stereocenters. The van der Waals surface area contributed by atoms with Crippen molar-refractivity contribution < 1.29 is 4.79 Å². The first-order chi connectivity index (χ1) is 12.0. The molecule has 0 bridgehead atoms. The molecule has 1 aromatic carbocycles. The van der Waals surface area contributed by atoms with Crippen LogP contribution in [0.25, 0.3) is 11.1 Å². The van der Waals surface area contributed by atoms with Gasteiger partial charge < -0.3 is 5.32 Å². The van der Waals surface area contributed by atoms with Crippen LogP contribution in [0.2, 0.25) is 0 Å². The Morgan fingerprint density at radius 1 is 1.28 bits per heavy atom. The highest BCUT2D eigenvalue weighted by Gasteiger charge is 2.14. The minimum Gasteiger partial charge on any atom is -0.346 e. The predicted octanol–water partition coefficient (Wildman–Crippen LogP) is 3.25. The van der Waals surface area contributed by atoms with Gasteiger partial charge in [0.15, 0.2) is 5.01 Å². The van der Waals surface area contributed by atoms with E-state index in [1.165, 1.54) is 5.56 Å². The number of rotatable bonds is 5. The van der Waals surface area contributed by atoms with Gasteiger partial charge in [-0.2, -0.15) is 5.10 Å². The number of aromatic nitrogens is 4. The first-order valence-corrected chi connectivity index (χ1v) is 8.74. The normalized spacial score (nSPS) is 11.6. The summed E-state index contributed by atoms with van der Waals surface area (Å²) < 4.78 is 1.68. The molecule has 25 heavy (non-hydrogen) atoms. The van der Waals surface area contributed by atoms with E-state index in [0.29, 0.717) is 16.6 Å². The van der Waals surface area contributed by atoms with Gasteiger partial charge in [0.2, 0.25) is 5.01 Å². The standard InChI is InChI=1S/C17H16ClN5OS/c1-11-3-5-12(6-4-11)8-19-15(24)17-22-21-16(25-17)14(18)7-13-9-20-23(2)10-13/h3-7,9-10H,8H2,1-2H3,(H,19,24). The summed E-state index contributed by atoms with van der Waals surface area (Å²) in [4.78, 5) is 12.2. The minimum atomic E-state index is -0.268. The van der Waals surface area contributed by atoms with Gasteiger partial charge in [-0.05, 0) is 18.6 Å². The number of nitrogens with zero attached hydrogens (tertiary/aromatic N) is 4. The van der Waals surface area contributed by atoms with E-state index in [2.05, 4.69) is 20.6 Å². The van der Waals surface area contributed by atoms with Gasteiger partial charge >= 0.3 is 0 Å². The number of hydrogen-bond acceptors (Lipinski definition) is 5. The van der Waals surface area contributed by atoms with Crippen molar-refractivity contribution in [2.24, 2.45) is 7.05 Å². The van der Waals surface area contributed by atoms with E-state index in [-0.39, 0.29) is 10.9 Å². The summed E-state index contributed by atoms with van der Waals surface area (Å²) in [5.74, 6) is -0.268. The number of hydrogen-bond donors (Lipinski definition) is 1. The maximum absolute atomic E-state index is 12.2. The summed E-state index contributed by atoms with van der Waals surface area (Å²) in [6.07, 6.45) is 5.26. The summed E-state index contributed by atoms with van der Waals surface area (Å²) in [7, 11) is 1.83. The number of nitrogens with one attached hydrogen (secondary N) is 1. The average Bonchev–Trinajstić information content (AvgIpc) is 3.23. The highest BCUT2D eigenvalue weighted by atomic mass is 35.5. The van der Waals surface area contributed by atoms with Crippen molar-refractivity contribution in [3.8, 4) is 0 Å². The third kappa shape index (κ3) is 4.52. The van der Waals surface area contributed by atoms with Crippen molar-refractivity contribution in [3.63, 3.8) is 0 Å². The van der Waals surface area contributed by atoms with Crippen LogP contribution in [0, 0.1) is 6.92 Å². The van der Waals surface area contributed by atoms with Gasteiger partial charge in [0, 0.05) is 25.4 Å². The zero-order valence-corrected chi connectivity index (χ0v) is 15.3. The van der Waals surface area contributed by atoms with Crippen molar-refractivity contribution in [2.45, 2.75) is 13.5 Å². The third-order valence-electron chi connectivity index (χ3n) is 3.42. The lowest BCUT2D eigenvalue weighted by atomic mass is 10.1. The highest BCUT2D eigenvalue weighted by molar-refractivity contribution is 7.15. The summed E-state index contributed by atoms with van der Waals surface area (Å²) in [5.41, 5.74) is 3.06. The molecule has 128 valence electrons. The van der Waals surface area contributed by atoms with E-state index in [4.69, 9.17) is 11.6 Å². The lowest BCUT2D eigenvalue weighted by molar-refractivity contribution is 0.0950. The van der Waals surface area contributed by atoms with Gasteiger partial charge in [0.05, 0.1) is 11.2 Å². The van der Waals surface area contributed by atoms with E-state index in [1.807, 2.05) is 44.4 Å². The van der Waals surface area contributed by atoms with Crippen LogP contribution in [0.4, 0.5) is 0 Å². The number of aryl methyl sites for hydroxylation is 2. The molecule has 3 aromatic rings. The first kappa shape index (κ1) is 17.3. The number of amides is 1. The molecule has 2 heterocycles. The van der Waals surface area contributed by atoms with Crippen molar-refractivity contribution in [1.29, 1.82) is 0 Å². The minimum absolute atomic E-state index is 0.268. The van der Waals surface area contributed by atoms with Crippen LogP contribution in [-0.2, 0) is 13.6 Å². The van der Waals surface area contributed by atoms with Crippen LogP contribution in [0.3, 0.4) is 0 Å². The molecule has 2 aromatic heterocycles. The number of benzene rings is 1.